The van der Waals surface area contributed by atoms with Gasteiger partial charge in [-0.2, -0.15) is 13.2 Å². The Labute approximate surface area is 129 Å². The average Bonchev–Trinajstić information content (AvgIpc) is 3.08. The molecule has 0 bridgehead atoms. The number of hydrogen-bond donors (Lipinski definition) is 1. The second kappa shape index (κ2) is 6.27. The number of aryl methyl sites for hydroxylation is 1. The number of aromatic carboxylic acids is 1. The van der Waals surface area contributed by atoms with Crippen molar-refractivity contribution in [1.82, 2.24) is 14.1 Å². The Morgan fingerprint density at radius 1 is 1.35 bits per heavy atom. The molecule has 0 amide bonds. The molecule has 2 aromatic rings. The van der Waals surface area contributed by atoms with E-state index in [0.29, 0.717) is 13.0 Å². The third-order valence-corrected chi connectivity index (χ3v) is 3.24. The Balaban J connectivity index is 2.52. The van der Waals surface area contributed by atoms with Gasteiger partial charge in [0.05, 0.1) is 12.0 Å². The van der Waals surface area contributed by atoms with Crippen molar-refractivity contribution in [2.75, 3.05) is 0 Å². The molecule has 0 aliphatic rings. The first-order valence-electron chi connectivity index (χ1n) is 6.85. The van der Waals surface area contributed by atoms with E-state index >= 15 is 0 Å². The van der Waals surface area contributed by atoms with Gasteiger partial charge in [0.1, 0.15) is 0 Å². The maximum absolute atomic E-state index is 12.6. The van der Waals surface area contributed by atoms with E-state index in [1.54, 1.807) is 0 Å². The summed E-state index contributed by atoms with van der Waals surface area (Å²) in [6, 6.07) is 2.21. The quantitative estimate of drug-likeness (QED) is 0.827. The first-order chi connectivity index (χ1) is 10.8. The number of unbranched alkanes of at least 4 members (excludes halogenated alkanes) is 1. The van der Waals surface area contributed by atoms with Gasteiger partial charge >= 0.3 is 12.1 Å². The van der Waals surface area contributed by atoms with Crippen LogP contribution in [0.4, 0.5) is 13.2 Å². The van der Waals surface area contributed by atoms with Crippen LogP contribution in [0.1, 0.15) is 40.7 Å². The fraction of sp³-hybridized carbons (Fsp3) is 0.357. The molecule has 0 atom stereocenters. The molecule has 0 aliphatic carbocycles. The molecule has 0 aromatic carbocycles. The Bertz CT molecular complexity index is 731. The number of carbonyl (C=O) groups is 2. The second-order valence-corrected chi connectivity index (χ2v) is 4.86. The molecule has 9 heteroatoms. The number of imidazole rings is 1. The Morgan fingerprint density at radius 2 is 2.04 bits per heavy atom. The van der Waals surface area contributed by atoms with Gasteiger partial charge in [0, 0.05) is 12.7 Å². The number of Topliss-reactive ketones (excluding diaryl/α,β-unsaturated/α-hetero) is 1. The molecule has 6 nitrogen and oxygen atoms in total. The molecule has 0 saturated carbocycles. The van der Waals surface area contributed by atoms with Gasteiger partial charge < -0.3 is 9.67 Å². The van der Waals surface area contributed by atoms with Gasteiger partial charge in [-0.05, 0) is 18.6 Å². The van der Waals surface area contributed by atoms with E-state index in [9.17, 15) is 27.9 Å². The summed E-state index contributed by atoms with van der Waals surface area (Å²) in [6.07, 6.45) is -1.12. The predicted molar refractivity (Wildman–Crippen MR) is 73.8 cm³/mol. The molecule has 2 aromatic heterocycles. The minimum Gasteiger partial charge on any atom is -0.476 e. The van der Waals surface area contributed by atoms with Crippen LogP contribution in [-0.2, 0) is 6.54 Å². The van der Waals surface area contributed by atoms with Crippen LogP contribution in [0.15, 0.2) is 24.7 Å². The van der Waals surface area contributed by atoms with Gasteiger partial charge in [0.15, 0.2) is 11.5 Å². The summed E-state index contributed by atoms with van der Waals surface area (Å²) in [7, 11) is 0. The Hall–Kier alpha value is -2.58. The standard InChI is InChI=1S/C14H14F3N3O3/c1-2-3-6-19-8-18-12(10(19)13(22)23)20-7-4-5-9(20)11(21)14(15,16)17/h4-5,7-8H,2-3,6H2,1H3,(H,22,23). The van der Waals surface area contributed by atoms with Gasteiger partial charge in [0.2, 0.25) is 0 Å². The first kappa shape index (κ1) is 16.8. The molecular formula is C14H14F3N3O3. The minimum absolute atomic E-state index is 0.216. The second-order valence-electron chi connectivity index (χ2n) is 4.86. The molecule has 124 valence electrons. The number of alkyl halides is 3. The third-order valence-electron chi connectivity index (χ3n) is 3.24. The summed E-state index contributed by atoms with van der Waals surface area (Å²) in [4.78, 5) is 26.8. The van der Waals surface area contributed by atoms with Gasteiger partial charge in [-0.1, -0.05) is 13.3 Å². The molecule has 1 N–H and O–H groups in total. The lowest BCUT2D eigenvalue weighted by molar-refractivity contribution is -0.0889. The van der Waals surface area contributed by atoms with E-state index in [4.69, 9.17) is 0 Å². The van der Waals surface area contributed by atoms with E-state index < -0.39 is 23.6 Å². The van der Waals surface area contributed by atoms with Gasteiger partial charge in [-0.15, -0.1) is 0 Å². The largest absolute Gasteiger partial charge is 0.476 e. The van der Waals surface area contributed by atoms with Crippen LogP contribution < -0.4 is 0 Å². The molecule has 0 fully saturated rings. The predicted octanol–water partition coefficient (Wildman–Crippen LogP) is 2.92. The molecular weight excluding hydrogens is 315 g/mol. The maximum atomic E-state index is 12.6. The molecule has 0 radical (unpaired) electrons. The molecule has 0 saturated heterocycles. The van der Waals surface area contributed by atoms with Gasteiger partial charge in [0.25, 0.3) is 5.78 Å². The van der Waals surface area contributed by atoms with E-state index in [1.807, 2.05) is 6.92 Å². The molecule has 0 unspecified atom stereocenters. The number of rotatable bonds is 6. The molecule has 0 aliphatic heterocycles. The van der Waals surface area contributed by atoms with Crippen molar-refractivity contribution in [2.24, 2.45) is 0 Å². The highest BCUT2D eigenvalue weighted by atomic mass is 19.4. The molecule has 2 heterocycles. The van der Waals surface area contributed by atoms with E-state index in [-0.39, 0.29) is 11.5 Å². The summed E-state index contributed by atoms with van der Waals surface area (Å²) in [5.41, 5.74) is -0.938. The van der Waals surface area contributed by atoms with Crippen molar-refractivity contribution in [3.8, 4) is 5.82 Å². The van der Waals surface area contributed by atoms with Crippen LogP contribution in [-0.4, -0.2) is 37.2 Å². The number of nitrogens with zero attached hydrogens (tertiary/aromatic N) is 3. The Kier molecular flexibility index (Phi) is 4.57. The highest BCUT2D eigenvalue weighted by molar-refractivity contribution is 6.00. The monoisotopic (exact) mass is 329 g/mol. The van der Waals surface area contributed by atoms with Crippen molar-refractivity contribution in [1.29, 1.82) is 0 Å². The normalized spacial score (nSPS) is 11.7. The van der Waals surface area contributed by atoms with Crippen LogP contribution in [0.25, 0.3) is 5.82 Å². The number of halogens is 3. The zero-order valence-corrected chi connectivity index (χ0v) is 12.2. The van der Waals surface area contributed by atoms with Crippen molar-refractivity contribution in [3.63, 3.8) is 0 Å². The van der Waals surface area contributed by atoms with Gasteiger partial charge in [-0.25, -0.2) is 9.78 Å². The fourth-order valence-corrected chi connectivity index (χ4v) is 2.16. The summed E-state index contributed by atoms with van der Waals surface area (Å²) < 4.78 is 40.1. The summed E-state index contributed by atoms with van der Waals surface area (Å²) in [5, 5.41) is 9.34. The highest BCUT2D eigenvalue weighted by Crippen LogP contribution is 2.24. The SMILES string of the molecule is CCCCn1cnc(-n2cccc2C(=O)C(F)(F)F)c1C(=O)O. The van der Waals surface area contributed by atoms with Crippen LogP contribution in [0.5, 0.6) is 0 Å². The highest BCUT2D eigenvalue weighted by Gasteiger charge is 2.41. The van der Waals surface area contributed by atoms with Crippen LogP contribution >= 0.6 is 0 Å². The zero-order chi connectivity index (χ0) is 17.2. The minimum atomic E-state index is -5.05. The number of aromatic nitrogens is 3. The van der Waals surface area contributed by atoms with Crippen LogP contribution in [0, 0.1) is 0 Å². The topological polar surface area (TPSA) is 77.1 Å². The molecule has 23 heavy (non-hydrogen) atoms. The van der Waals surface area contributed by atoms with Gasteiger partial charge in [-0.3, -0.25) is 9.36 Å². The third kappa shape index (κ3) is 3.27. The van der Waals surface area contributed by atoms with Crippen molar-refractivity contribution in [3.05, 3.63) is 36.0 Å². The Morgan fingerprint density at radius 3 is 2.61 bits per heavy atom. The van der Waals surface area contributed by atoms with Crippen LogP contribution in [0.2, 0.25) is 0 Å². The van der Waals surface area contributed by atoms with E-state index in [1.165, 1.54) is 23.2 Å². The smallest absolute Gasteiger partial charge is 0.456 e. The van der Waals surface area contributed by atoms with Crippen LogP contribution in [0.3, 0.4) is 0 Å². The average molecular weight is 329 g/mol. The van der Waals surface area contributed by atoms with Crippen molar-refractivity contribution >= 4 is 11.8 Å². The first-order valence-corrected chi connectivity index (χ1v) is 6.85. The maximum Gasteiger partial charge on any atom is 0.456 e. The number of carboxylic acids is 1. The number of ketones is 1. The summed E-state index contributed by atoms with van der Waals surface area (Å²) in [5.74, 6) is -3.60. The number of hydrogen-bond acceptors (Lipinski definition) is 3. The molecule has 0 spiro atoms. The lowest BCUT2D eigenvalue weighted by Crippen LogP contribution is -2.25. The number of carboxylic acid groups (broad SMARTS) is 1. The van der Waals surface area contributed by atoms with Crippen molar-refractivity contribution < 1.29 is 27.9 Å². The summed E-state index contributed by atoms with van der Waals surface area (Å²) >= 11 is 0. The van der Waals surface area contributed by atoms with E-state index in [0.717, 1.165) is 17.1 Å². The van der Waals surface area contributed by atoms with E-state index in [2.05, 4.69) is 4.98 Å². The molecule has 2 rings (SSSR count). The lowest BCUT2D eigenvalue weighted by atomic mass is 10.2. The zero-order valence-electron chi connectivity index (χ0n) is 12.2. The number of carbonyl (C=O) groups excluding carboxylic acids is 1. The fourth-order valence-electron chi connectivity index (χ4n) is 2.16. The lowest BCUT2D eigenvalue weighted by Gasteiger charge is -2.10. The van der Waals surface area contributed by atoms with Crippen molar-refractivity contribution in [2.45, 2.75) is 32.5 Å². The summed E-state index contributed by atoms with van der Waals surface area (Å²) in [6.45, 7) is 2.29.